The Labute approximate surface area is 88.9 Å². The molecule has 2 unspecified atom stereocenters. The van der Waals surface area contributed by atoms with Crippen LogP contribution in [0.2, 0.25) is 0 Å². The van der Waals surface area contributed by atoms with E-state index in [1.54, 1.807) is 20.9 Å². The average Bonchev–Trinajstić information content (AvgIpc) is 2.13. The molecule has 0 spiro atoms. The van der Waals surface area contributed by atoms with Gasteiger partial charge in [0.15, 0.2) is 0 Å². The minimum absolute atomic E-state index is 0.118. The molecule has 0 fully saturated rings. The molecule has 0 aromatic heterocycles. The smallest absolute Gasteiger partial charge is 0.317 e. The van der Waals surface area contributed by atoms with Gasteiger partial charge < -0.3 is 20.4 Å². The van der Waals surface area contributed by atoms with Crippen molar-refractivity contribution in [3.8, 4) is 0 Å². The van der Waals surface area contributed by atoms with E-state index in [0.717, 1.165) is 0 Å². The van der Waals surface area contributed by atoms with Crippen LogP contribution in [0, 0.1) is 0 Å². The largest absolute Gasteiger partial charge is 0.481 e. The number of aliphatic carboxylic acids is 1. The number of rotatable bonds is 5. The van der Waals surface area contributed by atoms with E-state index in [-0.39, 0.29) is 25.1 Å². The Bertz CT molecular complexity index is 232. The molecule has 3 N–H and O–H groups in total. The van der Waals surface area contributed by atoms with Crippen LogP contribution in [0.5, 0.6) is 0 Å². The second-order valence-electron chi connectivity index (χ2n) is 3.59. The van der Waals surface area contributed by atoms with E-state index in [9.17, 15) is 9.59 Å². The van der Waals surface area contributed by atoms with Crippen molar-refractivity contribution in [1.29, 1.82) is 0 Å². The summed E-state index contributed by atoms with van der Waals surface area (Å²) in [5.74, 6) is -0.958. The topological polar surface area (TPSA) is 89.9 Å². The molecule has 0 aliphatic rings. The van der Waals surface area contributed by atoms with Gasteiger partial charge in [0.1, 0.15) is 0 Å². The van der Waals surface area contributed by atoms with Gasteiger partial charge in [0.25, 0.3) is 0 Å². The molecular formula is C9H18N2O4. The summed E-state index contributed by atoms with van der Waals surface area (Å²) in [6.45, 7) is 3.18. The minimum atomic E-state index is -0.958. The summed E-state index contributed by atoms with van der Waals surface area (Å²) in [7, 11) is 1.55. The van der Waals surface area contributed by atoms with E-state index >= 15 is 0 Å². The highest BCUT2D eigenvalue weighted by molar-refractivity contribution is 5.75. The fourth-order valence-corrected chi connectivity index (χ4v) is 0.948. The van der Waals surface area contributed by atoms with Gasteiger partial charge >= 0.3 is 12.0 Å². The molecule has 0 heterocycles. The molecular weight excluding hydrogens is 200 g/mol. The van der Waals surface area contributed by atoms with Crippen molar-refractivity contribution in [3.05, 3.63) is 0 Å². The number of hydrogen-bond acceptors (Lipinski definition) is 3. The molecule has 0 rings (SSSR count). The van der Waals surface area contributed by atoms with Crippen LogP contribution in [-0.4, -0.2) is 52.9 Å². The third kappa shape index (κ3) is 5.21. The second kappa shape index (κ2) is 6.23. The van der Waals surface area contributed by atoms with Gasteiger partial charge in [-0.1, -0.05) is 0 Å². The van der Waals surface area contributed by atoms with Crippen LogP contribution in [0.3, 0.4) is 0 Å². The van der Waals surface area contributed by atoms with E-state index in [1.165, 1.54) is 4.90 Å². The van der Waals surface area contributed by atoms with Crippen LogP contribution < -0.4 is 5.32 Å². The van der Waals surface area contributed by atoms with E-state index in [0.29, 0.717) is 0 Å². The summed E-state index contributed by atoms with van der Waals surface area (Å²) in [5.41, 5.74) is 0. The number of aliphatic hydroxyl groups excluding tert-OH is 1. The lowest BCUT2D eigenvalue weighted by molar-refractivity contribution is -0.137. The number of carbonyl (C=O) groups excluding carboxylic acids is 1. The molecule has 15 heavy (non-hydrogen) atoms. The molecule has 6 heteroatoms. The van der Waals surface area contributed by atoms with E-state index in [4.69, 9.17) is 10.2 Å². The normalized spacial score (nSPS) is 14.1. The summed E-state index contributed by atoms with van der Waals surface area (Å²) in [5, 5.41) is 19.8. The van der Waals surface area contributed by atoms with E-state index in [1.807, 2.05) is 0 Å². The maximum Gasteiger partial charge on any atom is 0.317 e. The number of urea groups is 1. The zero-order valence-electron chi connectivity index (χ0n) is 9.23. The van der Waals surface area contributed by atoms with Crippen LogP contribution in [0.15, 0.2) is 0 Å². The highest BCUT2D eigenvalue weighted by Crippen LogP contribution is 1.97. The summed E-state index contributed by atoms with van der Waals surface area (Å²) in [6.07, 6.45) is -0.118. The van der Waals surface area contributed by atoms with Gasteiger partial charge in [-0.05, 0) is 13.8 Å². The quantitative estimate of drug-likeness (QED) is 0.599. The zero-order chi connectivity index (χ0) is 12.0. The van der Waals surface area contributed by atoms with Crippen molar-refractivity contribution in [2.75, 3.05) is 13.7 Å². The van der Waals surface area contributed by atoms with Gasteiger partial charge in [0.05, 0.1) is 19.1 Å². The maximum absolute atomic E-state index is 11.4. The molecule has 0 saturated carbocycles. The van der Waals surface area contributed by atoms with Crippen molar-refractivity contribution in [3.63, 3.8) is 0 Å². The van der Waals surface area contributed by atoms with Crippen LogP contribution in [-0.2, 0) is 4.79 Å². The first-order valence-electron chi connectivity index (χ1n) is 4.74. The van der Waals surface area contributed by atoms with Crippen molar-refractivity contribution in [2.24, 2.45) is 0 Å². The van der Waals surface area contributed by atoms with Crippen LogP contribution in [0.4, 0.5) is 4.79 Å². The summed E-state index contributed by atoms with van der Waals surface area (Å²) >= 11 is 0. The van der Waals surface area contributed by atoms with Gasteiger partial charge in [0.2, 0.25) is 0 Å². The summed E-state index contributed by atoms with van der Waals surface area (Å²) in [4.78, 5) is 23.1. The Balaban J connectivity index is 4.06. The number of amides is 2. The molecule has 0 aromatic carbocycles. The van der Waals surface area contributed by atoms with Crippen molar-refractivity contribution in [1.82, 2.24) is 10.2 Å². The van der Waals surface area contributed by atoms with Crippen molar-refractivity contribution < 1.29 is 19.8 Å². The first-order chi connectivity index (χ1) is 6.88. The molecule has 2 amide bonds. The molecule has 0 aliphatic carbocycles. The Morgan fingerprint density at radius 3 is 2.33 bits per heavy atom. The zero-order valence-corrected chi connectivity index (χ0v) is 9.23. The Kier molecular flexibility index (Phi) is 5.69. The number of carbonyl (C=O) groups is 2. The number of nitrogens with zero attached hydrogens (tertiary/aromatic N) is 1. The lowest BCUT2D eigenvalue weighted by Gasteiger charge is -2.25. The molecule has 0 aliphatic heterocycles. The molecule has 0 aromatic rings. The predicted octanol–water partition coefficient (Wildman–Crippen LogP) is -0.128. The molecule has 88 valence electrons. The second-order valence-corrected chi connectivity index (χ2v) is 3.59. The number of carboxylic acid groups (broad SMARTS) is 1. The number of hydrogen-bond donors (Lipinski definition) is 3. The minimum Gasteiger partial charge on any atom is -0.481 e. The average molecular weight is 218 g/mol. The third-order valence-corrected chi connectivity index (χ3v) is 2.10. The Hall–Kier alpha value is -1.30. The predicted molar refractivity (Wildman–Crippen MR) is 54.6 cm³/mol. The highest BCUT2D eigenvalue weighted by Gasteiger charge is 2.17. The fraction of sp³-hybridized carbons (Fsp3) is 0.778. The fourth-order valence-electron chi connectivity index (χ4n) is 0.948. The van der Waals surface area contributed by atoms with E-state index < -0.39 is 12.0 Å². The number of carboxylic acids is 1. The van der Waals surface area contributed by atoms with Crippen molar-refractivity contribution >= 4 is 12.0 Å². The molecule has 0 saturated heterocycles. The molecule has 0 radical (unpaired) electrons. The maximum atomic E-state index is 11.4. The SMILES string of the molecule is CC(CC(=O)O)NC(=O)N(C)C(C)CO. The number of aliphatic hydroxyl groups is 1. The van der Waals surface area contributed by atoms with Gasteiger partial charge in [-0.25, -0.2) is 4.79 Å². The Morgan fingerprint density at radius 2 is 1.93 bits per heavy atom. The number of likely N-dealkylation sites (N-methyl/N-ethyl adjacent to an activating group) is 1. The van der Waals surface area contributed by atoms with Crippen molar-refractivity contribution in [2.45, 2.75) is 32.4 Å². The van der Waals surface area contributed by atoms with Crippen LogP contribution >= 0.6 is 0 Å². The third-order valence-electron chi connectivity index (χ3n) is 2.10. The van der Waals surface area contributed by atoms with Gasteiger partial charge in [-0.15, -0.1) is 0 Å². The van der Waals surface area contributed by atoms with Gasteiger partial charge in [-0.3, -0.25) is 4.79 Å². The first kappa shape index (κ1) is 13.7. The highest BCUT2D eigenvalue weighted by atomic mass is 16.4. The van der Waals surface area contributed by atoms with Gasteiger partial charge in [-0.2, -0.15) is 0 Å². The van der Waals surface area contributed by atoms with Gasteiger partial charge in [0, 0.05) is 13.1 Å². The molecule has 0 bridgehead atoms. The summed E-state index contributed by atoms with van der Waals surface area (Å²) < 4.78 is 0. The van der Waals surface area contributed by atoms with E-state index in [2.05, 4.69) is 5.32 Å². The van der Waals surface area contributed by atoms with Crippen LogP contribution in [0.25, 0.3) is 0 Å². The lowest BCUT2D eigenvalue weighted by Crippen LogP contribution is -2.47. The first-order valence-corrected chi connectivity index (χ1v) is 4.74. The number of nitrogens with one attached hydrogen (secondary N) is 1. The molecule has 6 nitrogen and oxygen atoms in total. The van der Waals surface area contributed by atoms with Crippen LogP contribution in [0.1, 0.15) is 20.3 Å². The lowest BCUT2D eigenvalue weighted by atomic mass is 10.2. The Morgan fingerprint density at radius 1 is 1.40 bits per heavy atom. The summed E-state index contributed by atoms with van der Waals surface area (Å²) in [6, 6.07) is -1.10. The standard InChI is InChI=1S/C9H18N2O4/c1-6(4-8(13)14)10-9(15)11(3)7(2)5-12/h6-7,12H,4-5H2,1-3H3,(H,10,15)(H,13,14). The molecule has 2 atom stereocenters. The monoisotopic (exact) mass is 218 g/mol.